The molecule has 0 bridgehead atoms. The zero-order valence-electron chi connectivity index (χ0n) is 15.2. The van der Waals surface area contributed by atoms with E-state index in [1.807, 2.05) is 0 Å². The largest absolute Gasteiger partial charge is 0.376 e. The third kappa shape index (κ3) is 4.50. The van der Waals surface area contributed by atoms with E-state index in [4.69, 9.17) is 4.74 Å². The second-order valence-electron chi connectivity index (χ2n) is 7.13. The lowest BCUT2D eigenvalue weighted by Crippen LogP contribution is -2.45. The normalized spacial score (nSPS) is 22.0. The van der Waals surface area contributed by atoms with Crippen molar-refractivity contribution in [2.75, 3.05) is 58.3 Å². The smallest absolute Gasteiger partial charge is 0.255 e. The molecule has 1 amide bonds. The van der Waals surface area contributed by atoms with Crippen molar-refractivity contribution in [1.82, 2.24) is 9.80 Å². The number of rotatable bonds is 4. The van der Waals surface area contributed by atoms with Crippen LogP contribution in [-0.4, -0.2) is 75.2 Å². The molecule has 0 spiro atoms. The van der Waals surface area contributed by atoms with E-state index in [-0.39, 0.29) is 17.8 Å². The van der Waals surface area contributed by atoms with E-state index in [2.05, 4.69) is 16.8 Å². The monoisotopic (exact) mass is 349 g/mol. The van der Waals surface area contributed by atoms with Crippen LogP contribution in [0.1, 0.15) is 29.6 Å². The fraction of sp³-hybridized carbons (Fsp3) is 0.632. The van der Waals surface area contributed by atoms with Gasteiger partial charge in [0.2, 0.25) is 0 Å². The van der Waals surface area contributed by atoms with Gasteiger partial charge in [-0.2, -0.15) is 0 Å². The molecule has 0 aliphatic carbocycles. The summed E-state index contributed by atoms with van der Waals surface area (Å²) in [6.07, 6.45) is 3.29. The van der Waals surface area contributed by atoms with Gasteiger partial charge in [0.1, 0.15) is 5.82 Å². The van der Waals surface area contributed by atoms with Gasteiger partial charge in [0.15, 0.2) is 0 Å². The van der Waals surface area contributed by atoms with Crippen LogP contribution in [0.25, 0.3) is 0 Å². The Morgan fingerprint density at radius 2 is 2.04 bits per heavy atom. The standard InChI is InChI=1S/C19H28FN3O2/c1-21-8-10-23(11-9-21)18-7-6-15(20)13-17(18)19(24)22(2)14-16-5-3-4-12-25-16/h6-7,13,16H,3-5,8-12,14H2,1-2H3/t16-/m1/s1. The maximum Gasteiger partial charge on any atom is 0.255 e. The van der Waals surface area contributed by atoms with Crippen LogP contribution in [0.5, 0.6) is 0 Å². The first-order chi connectivity index (χ1) is 12.0. The van der Waals surface area contributed by atoms with Gasteiger partial charge in [0.25, 0.3) is 5.91 Å². The zero-order chi connectivity index (χ0) is 17.8. The quantitative estimate of drug-likeness (QED) is 0.835. The first-order valence-corrected chi connectivity index (χ1v) is 9.14. The molecule has 0 unspecified atom stereocenters. The summed E-state index contributed by atoms with van der Waals surface area (Å²) in [5.41, 5.74) is 1.28. The van der Waals surface area contributed by atoms with Crippen molar-refractivity contribution in [3.05, 3.63) is 29.6 Å². The van der Waals surface area contributed by atoms with Gasteiger partial charge in [-0.1, -0.05) is 0 Å². The zero-order valence-corrected chi connectivity index (χ0v) is 15.2. The molecule has 2 saturated heterocycles. The maximum absolute atomic E-state index is 13.8. The van der Waals surface area contributed by atoms with Crippen molar-refractivity contribution in [3.8, 4) is 0 Å². The molecule has 25 heavy (non-hydrogen) atoms. The Bertz CT molecular complexity index is 596. The highest BCUT2D eigenvalue weighted by molar-refractivity contribution is 5.99. The van der Waals surface area contributed by atoms with Gasteiger partial charge in [-0.05, 0) is 44.5 Å². The summed E-state index contributed by atoms with van der Waals surface area (Å²) in [6.45, 7) is 4.89. The van der Waals surface area contributed by atoms with Crippen molar-refractivity contribution in [2.45, 2.75) is 25.4 Å². The highest BCUT2D eigenvalue weighted by atomic mass is 19.1. The predicted molar refractivity (Wildman–Crippen MR) is 96.7 cm³/mol. The first-order valence-electron chi connectivity index (χ1n) is 9.14. The average molecular weight is 349 g/mol. The minimum atomic E-state index is -0.372. The molecule has 1 aromatic rings. The Balaban J connectivity index is 1.75. The lowest BCUT2D eigenvalue weighted by atomic mass is 10.1. The van der Waals surface area contributed by atoms with Crippen LogP contribution in [0.3, 0.4) is 0 Å². The molecule has 0 saturated carbocycles. The van der Waals surface area contributed by atoms with Crippen molar-refractivity contribution in [1.29, 1.82) is 0 Å². The topological polar surface area (TPSA) is 36.0 Å². The number of benzene rings is 1. The van der Waals surface area contributed by atoms with Gasteiger partial charge in [-0.15, -0.1) is 0 Å². The number of anilines is 1. The minimum Gasteiger partial charge on any atom is -0.376 e. The summed E-state index contributed by atoms with van der Waals surface area (Å²) < 4.78 is 19.6. The minimum absolute atomic E-state index is 0.0864. The van der Waals surface area contributed by atoms with E-state index in [0.29, 0.717) is 12.1 Å². The van der Waals surface area contributed by atoms with E-state index in [0.717, 1.165) is 57.7 Å². The van der Waals surface area contributed by atoms with E-state index in [9.17, 15) is 9.18 Å². The summed E-state index contributed by atoms with van der Waals surface area (Å²) >= 11 is 0. The molecule has 2 aliphatic heterocycles. The Labute approximate surface area is 149 Å². The number of ether oxygens (including phenoxy) is 1. The van der Waals surface area contributed by atoms with Gasteiger partial charge >= 0.3 is 0 Å². The molecule has 1 atom stereocenters. The fourth-order valence-electron chi connectivity index (χ4n) is 3.55. The number of nitrogens with zero attached hydrogens (tertiary/aromatic N) is 3. The number of carbonyl (C=O) groups excluding carboxylic acids is 1. The van der Waals surface area contributed by atoms with Gasteiger partial charge < -0.3 is 19.4 Å². The van der Waals surface area contributed by atoms with Gasteiger partial charge in [0, 0.05) is 52.1 Å². The number of piperazine rings is 1. The molecule has 5 nitrogen and oxygen atoms in total. The third-order valence-corrected chi connectivity index (χ3v) is 5.13. The molecule has 138 valence electrons. The van der Waals surface area contributed by atoms with E-state index < -0.39 is 0 Å². The van der Waals surface area contributed by atoms with E-state index >= 15 is 0 Å². The lowest BCUT2D eigenvalue weighted by Gasteiger charge is -2.35. The molecule has 6 heteroatoms. The lowest BCUT2D eigenvalue weighted by molar-refractivity contribution is -0.000184. The molecule has 2 heterocycles. The molecule has 3 rings (SSSR count). The van der Waals surface area contributed by atoms with Gasteiger partial charge in [0.05, 0.1) is 11.7 Å². The number of carbonyl (C=O) groups is 1. The molecule has 2 aliphatic rings. The van der Waals surface area contributed by atoms with Crippen LogP contribution in [0.2, 0.25) is 0 Å². The number of halogens is 1. The Morgan fingerprint density at radius 1 is 1.28 bits per heavy atom. The SMILES string of the molecule is CN1CCN(c2ccc(F)cc2C(=O)N(C)C[C@H]2CCCCO2)CC1. The van der Waals surface area contributed by atoms with Crippen LogP contribution in [0.4, 0.5) is 10.1 Å². The van der Waals surface area contributed by atoms with Crippen molar-refractivity contribution < 1.29 is 13.9 Å². The van der Waals surface area contributed by atoms with Crippen LogP contribution in [0.15, 0.2) is 18.2 Å². The maximum atomic E-state index is 13.8. The summed E-state index contributed by atoms with van der Waals surface area (Å²) in [6, 6.07) is 4.54. The summed E-state index contributed by atoms with van der Waals surface area (Å²) in [5, 5.41) is 0. The fourth-order valence-corrected chi connectivity index (χ4v) is 3.55. The highest BCUT2D eigenvalue weighted by Crippen LogP contribution is 2.25. The third-order valence-electron chi connectivity index (χ3n) is 5.13. The van der Waals surface area contributed by atoms with Crippen molar-refractivity contribution in [3.63, 3.8) is 0 Å². The summed E-state index contributed by atoms with van der Waals surface area (Å²) in [7, 11) is 3.87. The summed E-state index contributed by atoms with van der Waals surface area (Å²) in [4.78, 5) is 19.1. The second kappa shape index (κ2) is 8.15. The van der Waals surface area contributed by atoms with Gasteiger partial charge in [-0.3, -0.25) is 4.79 Å². The Hall–Kier alpha value is -1.66. The molecule has 2 fully saturated rings. The second-order valence-corrected chi connectivity index (χ2v) is 7.13. The Kier molecular flexibility index (Phi) is 5.91. The molecular weight excluding hydrogens is 321 g/mol. The highest BCUT2D eigenvalue weighted by Gasteiger charge is 2.25. The number of likely N-dealkylation sites (N-methyl/N-ethyl adjacent to an activating group) is 2. The van der Waals surface area contributed by atoms with Gasteiger partial charge in [-0.25, -0.2) is 4.39 Å². The van der Waals surface area contributed by atoms with Crippen LogP contribution < -0.4 is 4.90 Å². The molecular formula is C19H28FN3O2. The molecule has 0 radical (unpaired) electrons. The molecule has 0 aromatic heterocycles. The number of hydrogen-bond acceptors (Lipinski definition) is 4. The first kappa shape index (κ1) is 18.1. The van der Waals surface area contributed by atoms with Crippen LogP contribution in [-0.2, 0) is 4.74 Å². The average Bonchev–Trinajstić information content (AvgIpc) is 2.62. The molecule has 1 aromatic carbocycles. The van der Waals surface area contributed by atoms with Crippen LogP contribution in [0, 0.1) is 5.82 Å². The predicted octanol–water partition coefficient (Wildman–Crippen LogP) is 2.22. The number of hydrogen-bond donors (Lipinski definition) is 0. The molecule has 0 N–H and O–H groups in total. The van der Waals surface area contributed by atoms with E-state index in [1.165, 1.54) is 12.1 Å². The van der Waals surface area contributed by atoms with Crippen molar-refractivity contribution >= 4 is 11.6 Å². The van der Waals surface area contributed by atoms with Crippen molar-refractivity contribution in [2.24, 2.45) is 0 Å². The van der Waals surface area contributed by atoms with E-state index in [1.54, 1.807) is 18.0 Å². The summed E-state index contributed by atoms with van der Waals surface area (Å²) in [5.74, 6) is -0.508. The van der Waals surface area contributed by atoms with Crippen LogP contribution >= 0.6 is 0 Å². The number of amides is 1. The Morgan fingerprint density at radius 3 is 2.72 bits per heavy atom.